The highest BCUT2D eigenvalue weighted by molar-refractivity contribution is 5.54. The van der Waals surface area contributed by atoms with Gasteiger partial charge in [0.05, 0.1) is 17.4 Å². The summed E-state index contributed by atoms with van der Waals surface area (Å²) in [5, 5.41) is 4.51. The standard InChI is InChI=1S/C12H15N3/c1-5-9-6-7-10-8-13-11(12(2,3)4)14-15(9)10/h5-8H,1H2,2-4H3. The average molecular weight is 201 g/mol. The average Bonchev–Trinajstić information content (AvgIpc) is 2.57. The van der Waals surface area contributed by atoms with Crippen molar-refractivity contribution in [3.63, 3.8) is 0 Å². The first kappa shape index (κ1) is 9.90. The van der Waals surface area contributed by atoms with Gasteiger partial charge < -0.3 is 0 Å². The summed E-state index contributed by atoms with van der Waals surface area (Å²) in [4.78, 5) is 4.36. The van der Waals surface area contributed by atoms with E-state index in [-0.39, 0.29) is 5.41 Å². The second-order valence-corrected chi connectivity index (χ2v) is 4.63. The Hall–Kier alpha value is -1.64. The van der Waals surface area contributed by atoms with Gasteiger partial charge in [-0.3, -0.25) is 0 Å². The molecule has 0 spiro atoms. The summed E-state index contributed by atoms with van der Waals surface area (Å²) in [6.45, 7) is 10.1. The highest BCUT2D eigenvalue weighted by atomic mass is 15.3. The van der Waals surface area contributed by atoms with Crippen LogP contribution in [0, 0.1) is 0 Å². The van der Waals surface area contributed by atoms with Crippen LogP contribution in [0.3, 0.4) is 0 Å². The summed E-state index contributed by atoms with van der Waals surface area (Å²) in [5.74, 6) is 0.842. The van der Waals surface area contributed by atoms with Gasteiger partial charge in [0.2, 0.25) is 0 Å². The summed E-state index contributed by atoms with van der Waals surface area (Å²) in [6.07, 6.45) is 3.65. The van der Waals surface area contributed by atoms with Crippen LogP contribution >= 0.6 is 0 Å². The van der Waals surface area contributed by atoms with Crippen LogP contribution in [0.25, 0.3) is 11.6 Å². The van der Waals surface area contributed by atoms with Gasteiger partial charge in [-0.15, -0.1) is 0 Å². The Morgan fingerprint density at radius 1 is 1.33 bits per heavy atom. The summed E-state index contributed by atoms with van der Waals surface area (Å²) < 4.78 is 1.88. The van der Waals surface area contributed by atoms with E-state index in [1.165, 1.54) is 0 Å². The molecular formula is C12H15N3. The molecule has 0 N–H and O–H groups in total. The molecule has 2 aromatic rings. The minimum absolute atomic E-state index is 0.0309. The molecule has 2 aromatic heterocycles. The van der Waals surface area contributed by atoms with Crippen molar-refractivity contribution < 1.29 is 0 Å². The first-order valence-corrected chi connectivity index (χ1v) is 5.00. The first-order chi connectivity index (χ1) is 7.02. The van der Waals surface area contributed by atoms with E-state index >= 15 is 0 Å². The molecule has 0 aliphatic carbocycles. The lowest BCUT2D eigenvalue weighted by Crippen LogP contribution is -2.17. The van der Waals surface area contributed by atoms with Gasteiger partial charge in [-0.2, -0.15) is 5.10 Å². The third kappa shape index (κ3) is 1.65. The smallest absolute Gasteiger partial charge is 0.154 e. The van der Waals surface area contributed by atoms with E-state index in [1.54, 1.807) is 6.08 Å². The first-order valence-electron chi connectivity index (χ1n) is 5.00. The quantitative estimate of drug-likeness (QED) is 0.710. The predicted octanol–water partition coefficient (Wildman–Crippen LogP) is 2.67. The Balaban J connectivity index is 2.68. The Labute approximate surface area is 89.5 Å². The summed E-state index contributed by atoms with van der Waals surface area (Å²) in [5.41, 5.74) is 1.97. The molecule has 0 saturated carbocycles. The van der Waals surface area contributed by atoms with Crippen LogP contribution in [0.4, 0.5) is 0 Å². The summed E-state index contributed by atoms with van der Waals surface area (Å²) in [6, 6.07) is 3.98. The van der Waals surface area contributed by atoms with E-state index in [0.717, 1.165) is 17.0 Å². The zero-order valence-corrected chi connectivity index (χ0v) is 9.36. The number of nitrogens with zero attached hydrogens (tertiary/aromatic N) is 3. The summed E-state index contributed by atoms with van der Waals surface area (Å²) >= 11 is 0. The van der Waals surface area contributed by atoms with Crippen molar-refractivity contribution in [1.82, 2.24) is 14.6 Å². The number of aromatic nitrogens is 3. The fourth-order valence-electron chi connectivity index (χ4n) is 1.42. The minimum atomic E-state index is -0.0309. The Bertz CT molecular complexity index is 503. The summed E-state index contributed by atoms with van der Waals surface area (Å²) in [7, 11) is 0. The zero-order chi connectivity index (χ0) is 11.1. The number of hydrogen-bond acceptors (Lipinski definition) is 2. The van der Waals surface area contributed by atoms with Gasteiger partial charge in [0.25, 0.3) is 0 Å². The molecule has 0 fully saturated rings. The van der Waals surface area contributed by atoms with Gasteiger partial charge in [-0.05, 0) is 18.2 Å². The van der Waals surface area contributed by atoms with E-state index in [4.69, 9.17) is 0 Å². The van der Waals surface area contributed by atoms with Crippen LogP contribution in [0.5, 0.6) is 0 Å². The predicted molar refractivity (Wildman–Crippen MR) is 61.8 cm³/mol. The van der Waals surface area contributed by atoms with Crippen molar-refractivity contribution in [1.29, 1.82) is 0 Å². The highest BCUT2D eigenvalue weighted by Gasteiger charge is 2.18. The molecule has 3 heteroatoms. The SMILES string of the molecule is C=Cc1ccc2cnc(C(C)(C)C)nn12. The maximum atomic E-state index is 4.51. The van der Waals surface area contributed by atoms with Gasteiger partial charge in [-0.1, -0.05) is 27.4 Å². The highest BCUT2D eigenvalue weighted by Crippen LogP contribution is 2.18. The van der Waals surface area contributed by atoms with E-state index in [0.29, 0.717) is 0 Å². The van der Waals surface area contributed by atoms with Crippen molar-refractivity contribution in [3.8, 4) is 0 Å². The molecule has 2 heterocycles. The van der Waals surface area contributed by atoms with Crippen LogP contribution in [-0.4, -0.2) is 14.6 Å². The van der Waals surface area contributed by atoms with Crippen LogP contribution in [-0.2, 0) is 5.41 Å². The van der Waals surface area contributed by atoms with E-state index in [1.807, 2.05) is 22.8 Å². The molecular weight excluding hydrogens is 186 g/mol. The van der Waals surface area contributed by atoms with Crippen LogP contribution in [0.15, 0.2) is 24.9 Å². The van der Waals surface area contributed by atoms with Gasteiger partial charge >= 0.3 is 0 Å². The monoisotopic (exact) mass is 201 g/mol. The Morgan fingerprint density at radius 3 is 2.67 bits per heavy atom. The Morgan fingerprint density at radius 2 is 2.07 bits per heavy atom. The normalized spacial score (nSPS) is 11.9. The lowest BCUT2D eigenvalue weighted by atomic mass is 9.96. The number of hydrogen-bond donors (Lipinski definition) is 0. The maximum absolute atomic E-state index is 4.51. The molecule has 0 amide bonds. The van der Waals surface area contributed by atoms with Gasteiger partial charge in [-0.25, -0.2) is 9.50 Å². The second-order valence-electron chi connectivity index (χ2n) is 4.63. The van der Waals surface area contributed by atoms with Crippen molar-refractivity contribution >= 4 is 11.6 Å². The van der Waals surface area contributed by atoms with Crippen LogP contribution < -0.4 is 0 Å². The molecule has 0 unspecified atom stereocenters. The van der Waals surface area contributed by atoms with Crippen molar-refractivity contribution in [2.75, 3.05) is 0 Å². The molecule has 0 aliphatic heterocycles. The topological polar surface area (TPSA) is 30.2 Å². The third-order valence-electron chi connectivity index (χ3n) is 2.31. The molecule has 0 aromatic carbocycles. The molecule has 0 saturated heterocycles. The fourth-order valence-corrected chi connectivity index (χ4v) is 1.42. The molecule has 78 valence electrons. The fraction of sp³-hybridized carbons (Fsp3) is 0.333. The van der Waals surface area contributed by atoms with Crippen molar-refractivity contribution in [3.05, 3.63) is 36.4 Å². The van der Waals surface area contributed by atoms with Crippen LogP contribution in [0.2, 0.25) is 0 Å². The number of fused-ring (bicyclic) bond motifs is 1. The molecule has 0 atom stereocenters. The zero-order valence-electron chi connectivity index (χ0n) is 9.36. The molecule has 0 aliphatic rings. The molecule has 2 rings (SSSR count). The van der Waals surface area contributed by atoms with E-state index in [9.17, 15) is 0 Å². The van der Waals surface area contributed by atoms with Crippen LogP contribution in [0.1, 0.15) is 32.3 Å². The minimum Gasteiger partial charge on any atom is -0.237 e. The maximum Gasteiger partial charge on any atom is 0.154 e. The second kappa shape index (κ2) is 3.19. The molecule has 3 nitrogen and oxygen atoms in total. The van der Waals surface area contributed by atoms with Crippen molar-refractivity contribution in [2.45, 2.75) is 26.2 Å². The van der Waals surface area contributed by atoms with Gasteiger partial charge in [0, 0.05) is 5.41 Å². The van der Waals surface area contributed by atoms with Gasteiger partial charge in [0.1, 0.15) is 0 Å². The lowest BCUT2D eigenvalue weighted by Gasteiger charge is -2.16. The number of rotatable bonds is 1. The third-order valence-corrected chi connectivity index (χ3v) is 2.31. The molecule has 0 radical (unpaired) electrons. The largest absolute Gasteiger partial charge is 0.237 e. The van der Waals surface area contributed by atoms with Gasteiger partial charge in [0.15, 0.2) is 5.82 Å². The molecule has 0 bridgehead atoms. The Kier molecular flexibility index (Phi) is 2.11. The van der Waals surface area contributed by atoms with Crippen molar-refractivity contribution in [2.24, 2.45) is 0 Å². The lowest BCUT2D eigenvalue weighted by molar-refractivity contribution is 0.529. The molecule has 15 heavy (non-hydrogen) atoms. The van der Waals surface area contributed by atoms with E-state index < -0.39 is 0 Å². The van der Waals surface area contributed by atoms with E-state index in [2.05, 4.69) is 37.4 Å².